The number of Topliss-reactive ketones (excluding diaryl/α,β-unsaturated/α-hetero) is 1. The maximum absolute atomic E-state index is 12.8. The van der Waals surface area contributed by atoms with Gasteiger partial charge in [0.25, 0.3) is 0 Å². The van der Waals surface area contributed by atoms with Gasteiger partial charge in [0, 0.05) is 28.3 Å². The van der Waals surface area contributed by atoms with Crippen LogP contribution in [0.5, 0.6) is 0 Å². The van der Waals surface area contributed by atoms with Crippen LogP contribution < -0.4 is 11.1 Å². The van der Waals surface area contributed by atoms with E-state index in [0.717, 1.165) is 0 Å². The number of ketones is 1. The first-order valence-corrected chi connectivity index (χ1v) is 10.6. The average molecular weight is 519 g/mol. The van der Waals surface area contributed by atoms with E-state index in [2.05, 4.69) is 17.9 Å². The molecule has 1 aromatic rings. The Balaban J connectivity index is 0.000000633. The van der Waals surface area contributed by atoms with Gasteiger partial charge in [0.15, 0.2) is 5.78 Å². The second-order valence-electron chi connectivity index (χ2n) is 7.03. The third-order valence-corrected chi connectivity index (χ3v) is 6.16. The fourth-order valence-corrected chi connectivity index (χ4v) is 4.11. The molecule has 2 rings (SSSR count). The predicted octanol–water partition coefficient (Wildman–Crippen LogP) is 2.76. The lowest BCUT2D eigenvalue weighted by atomic mass is 9.64. The molecule has 1 heterocycles. The van der Waals surface area contributed by atoms with E-state index in [0.29, 0.717) is 35.1 Å². The second-order valence-corrected chi connectivity index (χ2v) is 8.21. The monoisotopic (exact) mass is 518 g/mol. The van der Waals surface area contributed by atoms with E-state index in [1.165, 1.54) is 7.11 Å². The number of piperidine rings is 1. The van der Waals surface area contributed by atoms with Gasteiger partial charge in [-0.1, -0.05) is 29.3 Å². The number of benzene rings is 1. The lowest BCUT2D eigenvalue weighted by Crippen LogP contribution is -2.57. The van der Waals surface area contributed by atoms with Gasteiger partial charge in [0.1, 0.15) is 0 Å². The van der Waals surface area contributed by atoms with Crippen molar-refractivity contribution in [2.24, 2.45) is 17.1 Å². The summed E-state index contributed by atoms with van der Waals surface area (Å²) >= 11 is 16.7. The molecular weight excluding hydrogens is 496 g/mol. The average Bonchev–Trinajstić information content (AvgIpc) is 2.74. The van der Waals surface area contributed by atoms with Crippen LogP contribution in [0.3, 0.4) is 0 Å². The summed E-state index contributed by atoms with van der Waals surface area (Å²) in [5.74, 6) is -3.85. The van der Waals surface area contributed by atoms with Crippen molar-refractivity contribution in [1.82, 2.24) is 5.32 Å². The summed E-state index contributed by atoms with van der Waals surface area (Å²) < 4.78 is 36.8. The highest BCUT2D eigenvalue weighted by Gasteiger charge is 2.52. The van der Waals surface area contributed by atoms with Crippen LogP contribution in [0, 0.1) is 11.3 Å². The minimum atomic E-state index is -5.08. The SMILES string of the molecule is COC(=O)C1(Cc2c(Cl)cccc2Cl)CCNCC1C(=O)[C@@H](N)CS.O=C(O)C(F)(F)F. The molecule has 0 aliphatic carbocycles. The van der Waals surface area contributed by atoms with Gasteiger partial charge in [-0.15, -0.1) is 0 Å². The number of hydrogen-bond donors (Lipinski definition) is 4. The molecule has 1 aliphatic rings. The van der Waals surface area contributed by atoms with Gasteiger partial charge in [-0.2, -0.15) is 25.8 Å². The van der Waals surface area contributed by atoms with Crippen molar-refractivity contribution < 1.29 is 37.4 Å². The number of carboxylic acids is 1. The number of esters is 1. The number of aliphatic carboxylic acids is 1. The van der Waals surface area contributed by atoms with Crippen LogP contribution in [0.25, 0.3) is 0 Å². The molecule has 0 amide bonds. The van der Waals surface area contributed by atoms with E-state index in [4.69, 9.17) is 43.6 Å². The van der Waals surface area contributed by atoms with Crippen LogP contribution in [-0.2, 0) is 25.5 Å². The highest BCUT2D eigenvalue weighted by molar-refractivity contribution is 7.80. The molecule has 0 spiro atoms. The first-order valence-electron chi connectivity index (χ1n) is 9.24. The Bertz CT molecular complexity index is 823. The summed E-state index contributed by atoms with van der Waals surface area (Å²) in [6, 6.07) is 4.41. The Labute approximate surface area is 198 Å². The highest BCUT2D eigenvalue weighted by atomic mass is 35.5. The number of alkyl halides is 3. The molecule has 2 unspecified atom stereocenters. The van der Waals surface area contributed by atoms with E-state index < -0.39 is 35.5 Å². The van der Waals surface area contributed by atoms with Crippen molar-refractivity contribution in [3.05, 3.63) is 33.8 Å². The number of methoxy groups -OCH3 is 1. The zero-order valence-corrected chi connectivity index (χ0v) is 19.3. The molecule has 0 bridgehead atoms. The fraction of sp³-hybridized carbons (Fsp3) is 0.526. The van der Waals surface area contributed by atoms with Crippen molar-refractivity contribution in [3.63, 3.8) is 0 Å². The van der Waals surface area contributed by atoms with Crippen LogP contribution in [0.15, 0.2) is 18.2 Å². The zero-order chi connectivity index (χ0) is 24.7. The number of nitrogens with two attached hydrogens (primary N) is 1. The molecular formula is C19H23Cl2F3N2O5S. The largest absolute Gasteiger partial charge is 0.490 e. The normalized spacial score (nSPS) is 21.7. The Morgan fingerprint density at radius 3 is 2.31 bits per heavy atom. The Hall–Kier alpha value is -1.53. The van der Waals surface area contributed by atoms with Gasteiger partial charge in [-0.05, 0) is 37.1 Å². The van der Waals surface area contributed by atoms with Gasteiger partial charge < -0.3 is 20.9 Å². The highest BCUT2D eigenvalue weighted by Crippen LogP contribution is 2.42. The lowest BCUT2D eigenvalue weighted by Gasteiger charge is -2.42. The lowest BCUT2D eigenvalue weighted by molar-refractivity contribution is -0.192. The topological polar surface area (TPSA) is 119 Å². The molecule has 1 aromatic carbocycles. The van der Waals surface area contributed by atoms with Crippen molar-refractivity contribution in [3.8, 4) is 0 Å². The van der Waals surface area contributed by atoms with Crippen LogP contribution >= 0.6 is 35.8 Å². The number of rotatable bonds is 6. The Morgan fingerprint density at radius 1 is 1.34 bits per heavy atom. The standard InChI is InChI=1S/C17H22Cl2N2O3S.C2HF3O2/c1-24-16(23)17(7-10-12(18)3-2-4-13(10)19)5-6-21-8-11(17)15(22)14(20)9-25;3-2(4,5)1(6)7/h2-4,11,14,21,25H,5-9,20H2,1H3;(H,6,7)/t11?,14-,17?;/m0./s1. The number of nitrogens with one attached hydrogen (secondary N) is 1. The van der Waals surface area contributed by atoms with Crippen molar-refractivity contribution in [2.45, 2.75) is 25.1 Å². The molecule has 3 atom stereocenters. The van der Waals surface area contributed by atoms with Crippen molar-refractivity contribution in [1.29, 1.82) is 0 Å². The Kier molecular flexibility index (Phi) is 10.8. The number of hydrogen-bond acceptors (Lipinski definition) is 7. The van der Waals surface area contributed by atoms with E-state index >= 15 is 0 Å². The third-order valence-electron chi connectivity index (χ3n) is 5.06. The molecule has 1 aliphatic heterocycles. The number of halogens is 5. The summed E-state index contributed by atoms with van der Waals surface area (Å²) in [5.41, 5.74) is 5.48. The second kappa shape index (κ2) is 12.1. The summed E-state index contributed by atoms with van der Waals surface area (Å²) in [4.78, 5) is 34.5. The van der Waals surface area contributed by atoms with E-state index in [1.54, 1.807) is 18.2 Å². The molecule has 180 valence electrons. The van der Waals surface area contributed by atoms with Gasteiger partial charge in [-0.25, -0.2) is 4.79 Å². The van der Waals surface area contributed by atoms with Gasteiger partial charge >= 0.3 is 18.1 Å². The predicted molar refractivity (Wildman–Crippen MR) is 116 cm³/mol. The molecule has 0 aromatic heterocycles. The summed E-state index contributed by atoms with van der Waals surface area (Å²) in [5, 5.41) is 11.2. The summed E-state index contributed by atoms with van der Waals surface area (Å²) in [7, 11) is 1.32. The van der Waals surface area contributed by atoms with Crippen LogP contribution in [-0.4, -0.2) is 61.0 Å². The van der Waals surface area contributed by atoms with Gasteiger partial charge in [-0.3, -0.25) is 9.59 Å². The maximum atomic E-state index is 12.8. The quantitative estimate of drug-likeness (QED) is 0.337. The first-order chi connectivity index (χ1) is 14.8. The fourth-order valence-electron chi connectivity index (χ4n) is 3.40. The number of carboxylic acid groups (broad SMARTS) is 1. The molecule has 32 heavy (non-hydrogen) atoms. The van der Waals surface area contributed by atoms with Crippen LogP contribution in [0.1, 0.15) is 12.0 Å². The van der Waals surface area contributed by atoms with Gasteiger partial charge in [0.05, 0.1) is 18.6 Å². The number of carbonyl (C=O) groups is 3. The number of ether oxygens (including phenoxy) is 1. The van der Waals surface area contributed by atoms with Crippen molar-refractivity contribution >= 4 is 53.6 Å². The van der Waals surface area contributed by atoms with E-state index in [9.17, 15) is 22.8 Å². The summed E-state index contributed by atoms with van der Waals surface area (Å²) in [6.45, 7) is 0.925. The summed E-state index contributed by atoms with van der Waals surface area (Å²) in [6.07, 6.45) is -4.44. The molecule has 4 N–H and O–H groups in total. The minimum absolute atomic E-state index is 0.208. The van der Waals surface area contributed by atoms with E-state index in [-0.39, 0.29) is 18.0 Å². The number of thiol groups is 1. The molecule has 7 nitrogen and oxygen atoms in total. The van der Waals surface area contributed by atoms with Crippen LogP contribution in [0.2, 0.25) is 10.0 Å². The Morgan fingerprint density at radius 2 is 1.88 bits per heavy atom. The van der Waals surface area contributed by atoms with E-state index in [1.807, 2.05) is 0 Å². The molecule has 0 saturated carbocycles. The minimum Gasteiger partial charge on any atom is -0.475 e. The third kappa shape index (κ3) is 6.98. The smallest absolute Gasteiger partial charge is 0.475 e. The van der Waals surface area contributed by atoms with Crippen molar-refractivity contribution in [2.75, 3.05) is 26.0 Å². The first kappa shape index (κ1) is 28.5. The maximum Gasteiger partial charge on any atom is 0.490 e. The molecule has 1 fully saturated rings. The number of carbonyl (C=O) groups excluding carboxylic acids is 2. The molecule has 1 saturated heterocycles. The molecule has 0 radical (unpaired) electrons. The van der Waals surface area contributed by atoms with Gasteiger partial charge in [0.2, 0.25) is 0 Å². The zero-order valence-electron chi connectivity index (χ0n) is 16.9. The van der Waals surface area contributed by atoms with Crippen LogP contribution in [0.4, 0.5) is 13.2 Å². The molecule has 13 heteroatoms.